The Bertz CT molecular complexity index is 453. The van der Waals surface area contributed by atoms with Crippen LogP contribution in [0.2, 0.25) is 0 Å². The van der Waals surface area contributed by atoms with E-state index in [4.69, 9.17) is 10.2 Å². The number of aryl methyl sites for hydroxylation is 1. The van der Waals surface area contributed by atoms with Gasteiger partial charge in [-0.2, -0.15) is 0 Å². The van der Waals surface area contributed by atoms with E-state index >= 15 is 0 Å². The van der Waals surface area contributed by atoms with Crippen molar-refractivity contribution >= 4 is 11.8 Å². The quantitative estimate of drug-likeness (QED) is 0.875. The fourth-order valence-corrected chi connectivity index (χ4v) is 2.23. The van der Waals surface area contributed by atoms with Gasteiger partial charge in [0.1, 0.15) is 5.76 Å². The lowest BCUT2D eigenvalue weighted by Gasteiger charge is -2.30. The lowest BCUT2D eigenvalue weighted by Crippen LogP contribution is -2.44. The Morgan fingerprint density at radius 1 is 1.50 bits per heavy atom. The lowest BCUT2D eigenvalue weighted by molar-refractivity contribution is -0.123. The summed E-state index contributed by atoms with van der Waals surface area (Å²) in [5.74, 6) is 0.420. The zero-order valence-electron chi connectivity index (χ0n) is 10.5. The van der Waals surface area contributed by atoms with Gasteiger partial charge < -0.3 is 15.1 Å². The molecule has 1 aliphatic rings. The van der Waals surface area contributed by atoms with Crippen LogP contribution >= 0.6 is 0 Å². The monoisotopic (exact) mass is 250 g/mol. The number of nitrogens with zero attached hydrogens (tertiary/aromatic N) is 1. The first-order valence-corrected chi connectivity index (χ1v) is 6.29. The van der Waals surface area contributed by atoms with Crippen LogP contribution in [0.25, 0.3) is 0 Å². The maximum Gasteiger partial charge on any atom is 0.289 e. The smallest absolute Gasteiger partial charge is 0.289 e. The van der Waals surface area contributed by atoms with Crippen molar-refractivity contribution in [3.63, 3.8) is 0 Å². The predicted octanol–water partition coefficient (Wildman–Crippen LogP) is 1.18. The predicted molar refractivity (Wildman–Crippen MR) is 65.9 cm³/mol. The number of amides is 2. The molecular formula is C13H18N2O3. The standard InChI is InChI=1S/C13H18N2O3/c1-2-10-5-6-11(18-10)13(17)15-7-3-4-9(8-15)12(14)16/h5-6,9H,2-4,7-8H2,1H3,(H2,14,16). The third kappa shape index (κ3) is 2.55. The van der Waals surface area contributed by atoms with Crippen molar-refractivity contribution < 1.29 is 14.0 Å². The molecule has 1 unspecified atom stereocenters. The largest absolute Gasteiger partial charge is 0.456 e. The van der Waals surface area contributed by atoms with Crippen LogP contribution in [0.5, 0.6) is 0 Å². The molecule has 98 valence electrons. The van der Waals surface area contributed by atoms with E-state index < -0.39 is 0 Å². The van der Waals surface area contributed by atoms with Crippen molar-refractivity contribution in [3.05, 3.63) is 23.7 Å². The SMILES string of the molecule is CCc1ccc(C(=O)N2CCCC(C(N)=O)C2)o1. The summed E-state index contributed by atoms with van der Waals surface area (Å²) in [7, 11) is 0. The normalized spacial score (nSPS) is 19.8. The van der Waals surface area contributed by atoms with Crippen LogP contribution in [0.1, 0.15) is 36.1 Å². The molecule has 1 atom stereocenters. The summed E-state index contributed by atoms with van der Waals surface area (Å²) >= 11 is 0. The van der Waals surface area contributed by atoms with Gasteiger partial charge in [-0.1, -0.05) is 6.92 Å². The van der Waals surface area contributed by atoms with Crippen LogP contribution in [-0.4, -0.2) is 29.8 Å². The van der Waals surface area contributed by atoms with Crippen molar-refractivity contribution in [2.75, 3.05) is 13.1 Å². The number of carbonyl (C=O) groups excluding carboxylic acids is 2. The molecule has 2 heterocycles. The molecule has 2 amide bonds. The highest BCUT2D eigenvalue weighted by atomic mass is 16.4. The Labute approximate surface area is 106 Å². The molecule has 0 bridgehead atoms. The second-order valence-electron chi connectivity index (χ2n) is 4.61. The molecule has 5 heteroatoms. The van der Waals surface area contributed by atoms with Crippen LogP contribution in [0.3, 0.4) is 0 Å². The Kier molecular flexibility index (Phi) is 3.69. The van der Waals surface area contributed by atoms with Gasteiger partial charge in [-0.3, -0.25) is 9.59 Å². The number of primary amides is 1. The van der Waals surface area contributed by atoms with Crippen LogP contribution in [0, 0.1) is 5.92 Å². The van der Waals surface area contributed by atoms with Crippen LogP contribution < -0.4 is 5.73 Å². The highest BCUT2D eigenvalue weighted by molar-refractivity contribution is 5.92. The third-order valence-electron chi connectivity index (χ3n) is 3.33. The molecule has 5 nitrogen and oxygen atoms in total. The van der Waals surface area contributed by atoms with Gasteiger partial charge in [0.25, 0.3) is 5.91 Å². The maximum atomic E-state index is 12.2. The summed E-state index contributed by atoms with van der Waals surface area (Å²) in [5.41, 5.74) is 5.29. The number of carbonyl (C=O) groups is 2. The van der Waals surface area contributed by atoms with Crippen molar-refractivity contribution in [1.29, 1.82) is 0 Å². The number of nitrogens with two attached hydrogens (primary N) is 1. The van der Waals surface area contributed by atoms with E-state index in [1.807, 2.05) is 13.0 Å². The van der Waals surface area contributed by atoms with Crippen molar-refractivity contribution in [1.82, 2.24) is 4.90 Å². The van der Waals surface area contributed by atoms with Gasteiger partial charge in [-0.05, 0) is 25.0 Å². The van der Waals surface area contributed by atoms with E-state index in [0.717, 1.165) is 25.0 Å². The van der Waals surface area contributed by atoms with Gasteiger partial charge in [0.15, 0.2) is 5.76 Å². The summed E-state index contributed by atoms with van der Waals surface area (Å²) in [6, 6.07) is 3.50. The average molecular weight is 250 g/mol. The van der Waals surface area contributed by atoms with E-state index in [1.54, 1.807) is 11.0 Å². The second kappa shape index (κ2) is 5.25. The van der Waals surface area contributed by atoms with Crippen molar-refractivity contribution in [3.8, 4) is 0 Å². The van der Waals surface area contributed by atoms with E-state index in [-0.39, 0.29) is 17.7 Å². The molecule has 1 saturated heterocycles. The molecular weight excluding hydrogens is 232 g/mol. The van der Waals surface area contributed by atoms with Gasteiger partial charge in [0.2, 0.25) is 5.91 Å². The Morgan fingerprint density at radius 2 is 2.28 bits per heavy atom. The minimum Gasteiger partial charge on any atom is -0.456 e. The number of hydrogen-bond donors (Lipinski definition) is 1. The van der Waals surface area contributed by atoms with Gasteiger partial charge in [-0.25, -0.2) is 0 Å². The molecule has 1 fully saturated rings. The number of likely N-dealkylation sites (tertiary alicyclic amines) is 1. The first-order valence-electron chi connectivity index (χ1n) is 6.29. The number of furan rings is 1. The highest BCUT2D eigenvalue weighted by Crippen LogP contribution is 2.19. The first kappa shape index (κ1) is 12.7. The molecule has 1 aromatic rings. The third-order valence-corrected chi connectivity index (χ3v) is 3.33. The zero-order chi connectivity index (χ0) is 13.1. The fourth-order valence-electron chi connectivity index (χ4n) is 2.23. The van der Waals surface area contributed by atoms with E-state index in [1.165, 1.54) is 0 Å². The Balaban J connectivity index is 2.06. The summed E-state index contributed by atoms with van der Waals surface area (Å²) < 4.78 is 5.44. The van der Waals surface area contributed by atoms with Gasteiger partial charge >= 0.3 is 0 Å². The summed E-state index contributed by atoms with van der Waals surface area (Å²) in [4.78, 5) is 25.0. The van der Waals surface area contributed by atoms with Crippen LogP contribution in [0.4, 0.5) is 0 Å². The number of rotatable bonds is 3. The minimum atomic E-state index is -0.332. The summed E-state index contributed by atoms with van der Waals surface area (Å²) in [6.07, 6.45) is 2.33. The topological polar surface area (TPSA) is 76.5 Å². The summed E-state index contributed by atoms with van der Waals surface area (Å²) in [6.45, 7) is 3.03. The van der Waals surface area contributed by atoms with Gasteiger partial charge in [0.05, 0.1) is 5.92 Å². The second-order valence-corrected chi connectivity index (χ2v) is 4.61. The van der Waals surface area contributed by atoms with Gasteiger partial charge in [0, 0.05) is 19.5 Å². The molecule has 2 rings (SSSR count). The van der Waals surface area contributed by atoms with Crippen molar-refractivity contribution in [2.24, 2.45) is 11.7 Å². The molecule has 0 saturated carbocycles. The number of piperidine rings is 1. The van der Waals surface area contributed by atoms with Crippen molar-refractivity contribution in [2.45, 2.75) is 26.2 Å². The van der Waals surface area contributed by atoms with Crippen LogP contribution in [0.15, 0.2) is 16.5 Å². The molecule has 0 aliphatic carbocycles. The van der Waals surface area contributed by atoms with Crippen LogP contribution in [-0.2, 0) is 11.2 Å². The molecule has 0 aromatic carbocycles. The van der Waals surface area contributed by atoms with Gasteiger partial charge in [-0.15, -0.1) is 0 Å². The fraction of sp³-hybridized carbons (Fsp3) is 0.538. The molecule has 0 spiro atoms. The van der Waals surface area contributed by atoms with E-state index in [9.17, 15) is 9.59 Å². The molecule has 1 aliphatic heterocycles. The average Bonchev–Trinajstić information content (AvgIpc) is 2.86. The Hall–Kier alpha value is -1.78. The summed E-state index contributed by atoms with van der Waals surface area (Å²) in [5, 5.41) is 0. The molecule has 0 radical (unpaired) electrons. The first-order chi connectivity index (χ1) is 8.61. The molecule has 18 heavy (non-hydrogen) atoms. The number of hydrogen-bond acceptors (Lipinski definition) is 3. The lowest BCUT2D eigenvalue weighted by atomic mass is 9.97. The maximum absolute atomic E-state index is 12.2. The minimum absolute atomic E-state index is 0.152. The Morgan fingerprint density at radius 3 is 2.89 bits per heavy atom. The van der Waals surface area contributed by atoms with E-state index in [0.29, 0.717) is 18.8 Å². The zero-order valence-corrected chi connectivity index (χ0v) is 10.5. The van der Waals surface area contributed by atoms with E-state index in [2.05, 4.69) is 0 Å². The molecule has 2 N–H and O–H groups in total. The highest BCUT2D eigenvalue weighted by Gasteiger charge is 2.28. The molecule has 1 aromatic heterocycles.